The van der Waals surface area contributed by atoms with Crippen molar-refractivity contribution in [2.75, 3.05) is 11.0 Å². The van der Waals surface area contributed by atoms with Gasteiger partial charge in [0.1, 0.15) is 0 Å². The van der Waals surface area contributed by atoms with Crippen molar-refractivity contribution >= 4 is 32.4 Å². The van der Waals surface area contributed by atoms with Crippen LogP contribution in [-0.4, -0.2) is 20.6 Å². The summed E-state index contributed by atoms with van der Waals surface area (Å²) >= 11 is 0. The Morgan fingerprint density at radius 1 is 0.962 bits per heavy atom. The van der Waals surface area contributed by atoms with E-state index in [-0.39, 0.29) is 5.91 Å². The molecule has 6 heteroatoms. The van der Waals surface area contributed by atoms with Crippen LogP contribution in [0.25, 0.3) is 10.8 Å². The van der Waals surface area contributed by atoms with Crippen LogP contribution in [0.2, 0.25) is 0 Å². The Hall–Kier alpha value is -2.86. The van der Waals surface area contributed by atoms with Gasteiger partial charge in [0.15, 0.2) is 0 Å². The highest BCUT2D eigenvalue weighted by atomic mass is 32.2. The van der Waals surface area contributed by atoms with Gasteiger partial charge in [0.2, 0.25) is 10.0 Å². The third-order valence-electron chi connectivity index (χ3n) is 4.06. The summed E-state index contributed by atoms with van der Waals surface area (Å²) in [6.45, 7) is 2.18. The number of amides is 1. The van der Waals surface area contributed by atoms with E-state index in [4.69, 9.17) is 0 Å². The van der Waals surface area contributed by atoms with E-state index in [2.05, 4.69) is 10.0 Å². The molecule has 0 saturated heterocycles. The SMILES string of the molecule is Cc1ccc(C(=O)NCc2ccc3ccccc3c2)cc1NS(C)(=O)=O. The Labute approximate surface area is 153 Å². The average Bonchev–Trinajstić information content (AvgIpc) is 2.60. The van der Waals surface area contributed by atoms with Crippen molar-refractivity contribution in [2.24, 2.45) is 0 Å². The molecule has 0 aliphatic rings. The molecule has 1 amide bonds. The molecule has 0 radical (unpaired) electrons. The Morgan fingerprint density at radius 3 is 2.42 bits per heavy atom. The molecule has 0 aliphatic carbocycles. The number of carbonyl (C=O) groups is 1. The van der Waals surface area contributed by atoms with Crippen molar-refractivity contribution in [2.45, 2.75) is 13.5 Å². The highest BCUT2D eigenvalue weighted by Crippen LogP contribution is 2.19. The number of nitrogens with one attached hydrogen (secondary N) is 2. The summed E-state index contributed by atoms with van der Waals surface area (Å²) in [5, 5.41) is 5.14. The number of benzene rings is 3. The van der Waals surface area contributed by atoms with E-state index in [0.717, 1.165) is 28.2 Å². The molecular formula is C20H20N2O3S. The van der Waals surface area contributed by atoms with E-state index in [0.29, 0.717) is 17.8 Å². The summed E-state index contributed by atoms with van der Waals surface area (Å²) in [6, 6.07) is 19.0. The van der Waals surface area contributed by atoms with Gasteiger partial charge in [-0.2, -0.15) is 0 Å². The molecule has 26 heavy (non-hydrogen) atoms. The molecule has 0 atom stereocenters. The standard InChI is InChI=1S/C20H20N2O3S/c1-14-7-9-18(12-19(14)22-26(2,24)25)20(23)21-13-15-8-10-16-5-3-4-6-17(16)11-15/h3-12,22H,13H2,1-2H3,(H,21,23). The minimum atomic E-state index is -3.40. The lowest BCUT2D eigenvalue weighted by Crippen LogP contribution is -2.23. The van der Waals surface area contributed by atoms with Crippen molar-refractivity contribution in [1.29, 1.82) is 0 Å². The van der Waals surface area contributed by atoms with E-state index in [1.54, 1.807) is 25.1 Å². The first-order valence-electron chi connectivity index (χ1n) is 8.16. The molecule has 3 aromatic carbocycles. The van der Waals surface area contributed by atoms with Gasteiger partial charge < -0.3 is 5.32 Å². The Balaban J connectivity index is 1.74. The molecule has 2 N–H and O–H groups in total. The molecule has 0 unspecified atom stereocenters. The summed E-state index contributed by atoms with van der Waals surface area (Å²) in [7, 11) is -3.40. The molecule has 134 valence electrons. The number of anilines is 1. The van der Waals surface area contributed by atoms with E-state index in [9.17, 15) is 13.2 Å². The monoisotopic (exact) mass is 368 g/mol. The van der Waals surface area contributed by atoms with Crippen LogP contribution in [-0.2, 0) is 16.6 Å². The molecule has 3 aromatic rings. The fourth-order valence-electron chi connectivity index (χ4n) is 2.71. The topological polar surface area (TPSA) is 75.3 Å². The summed E-state index contributed by atoms with van der Waals surface area (Å²) in [6.07, 6.45) is 1.08. The van der Waals surface area contributed by atoms with Gasteiger partial charge in [-0.15, -0.1) is 0 Å². The maximum atomic E-state index is 12.4. The maximum Gasteiger partial charge on any atom is 0.251 e. The van der Waals surface area contributed by atoms with Crippen LogP contribution in [0.4, 0.5) is 5.69 Å². The second kappa shape index (κ2) is 7.17. The third-order valence-corrected chi connectivity index (χ3v) is 4.65. The Kier molecular flexibility index (Phi) is 4.95. The molecule has 0 aromatic heterocycles. The van der Waals surface area contributed by atoms with Crippen LogP contribution in [0.5, 0.6) is 0 Å². The average molecular weight is 368 g/mol. The van der Waals surface area contributed by atoms with Gasteiger partial charge in [0.25, 0.3) is 5.91 Å². The Bertz CT molecular complexity index is 1080. The van der Waals surface area contributed by atoms with Crippen molar-refractivity contribution in [3.63, 3.8) is 0 Å². The Morgan fingerprint density at radius 2 is 1.69 bits per heavy atom. The minimum absolute atomic E-state index is 0.255. The van der Waals surface area contributed by atoms with Crippen molar-refractivity contribution in [3.05, 3.63) is 77.4 Å². The van der Waals surface area contributed by atoms with Crippen LogP contribution in [0.1, 0.15) is 21.5 Å². The zero-order valence-corrected chi connectivity index (χ0v) is 15.4. The largest absolute Gasteiger partial charge is 0.348 e. The van der Waals surface area contributed by atoms with Crippen LogP contribution < -0.4 is 10.0 Å². The van der Waals surface area contributed by atoms with E-state index < -0.39 is 10.0 Å². The highest BCUT2D eigenvalue weighted by Gasteiger charge is 2.11. The first-order valence-corrected chi connectivity index (χ1v) is 10.1. The molecule has 3 rings (SSSR count). The lowest BCUT2D eigenvalue weighted by Gasteiger charge is -2.11. The van der Waals surface area contributed by atoms with Gasteiger partial charge in [-0.25, -0.2) is 8.42 Å². The number of carbonyl (C=O) groups excluding carboxylic acids is 1. The molecule has 0 fully saturated rings. The number of rotatable bonds is 5. The highest BCUT2D eigenvalue weighted by molar-refractivity contribution is 7.92. The number of sulfonamides is 1. The van der Waals surface area contributed by atoms with Crippen LogP contribution in [0, 0.1) is 6.92 Å². The van der Waals surface area contributed by atoms with E-state index in [1.807, 2.05) is 42.5 Å². The van der Waals surface area contributed by atoms with Gasteiger partial charge in [0, 0.05) is 12.1 Å². The van der Waals surface area contributed by atoms with Gasteiger partial charge in [0.05, 0.1) is 11.9 Å². The molecule has 5 nitrogen and oxygen atoms in total. The number of hydrogen-bond donors (Lipinski definition) is 2. The second-order valence-electron chi connectivity index (χ2n) is 6.27. The predicted molar refractivity (Wildman–Crippen MR) is 105 cm³/mol. The summed E-state index contributed by atoms with van der Waals surface area (Å²) in [4.78, 5) is 12.4. The predicted octanol–water partition coefficient (Wildman–Crippen LogP) is 3.45. The fraction of sp³-hybridized carbons (Fsp3) is 0.150. The number of fused-ring (bicyclic) bond motifs is 1. The quantitative estimate of drug-likeness (QED) is 0.724. The zero-order chi connectivity index (χ0) is 18.7. The molecule has 0 saturated carbocycles. The van der Waals surface area contributed by atoms with E-state index >= 15 is 0 Å². The minimum Gasteiger partial charge on any atom is -0.348 e. The smallest absolute Gasteiger partial charge is 0.251 e. The summed E-state index contributed by atoms with van der Waals surface area (Å²) < 4.78 is 25.3. The normalized spacial score (nSPS) is 11.3. The second-order valence-corrected chi connectivity index (χ2v) is 8.02. The van der Waals surface area contributed by atoms with Gasteiger partial charge in [-0.3, -0.25) is 9.52 Å². The van der Waals surface area contributed by atoms with Crippen LogP contribution in [0.3, 0.4) is 0 Å². The van der Waals surface area contributed by atoms with Gasteiger partial charge in [-0.1, -0.05) is 42.5 Å². The first kappa shape index (κ1) is 17.9. The van der Waals surface area contributed by atoms with Gasteiger partial charge >= 0.3 is 0 Å². The van der Waals surface area contributed by atoms with Crippen molar-refractivity contribution < 1.29 is 13.2 Å². The van der Waals surface area contributed by atoms with Crippen LogP contribution in [0.15, 0.2) is 60.7 Å². The van der Waals surface area contributed by atoms with Crippen LogP contribution >= 0.6 is 0 Å². The molecule has 0 spiro atoms. The molecular weight excluding hydrogens is 348 g/mol. The van der Waals surface area contributed by atoms with Crippen molar-refractivity contribution in [1.82, 2.24) is 5.32 Å². The summed E-state index contributed by atoms with van der Waals surface area (Å²) in [5.74, 6) is -0.255. The molecule has 0 bridgehead atoms. The lowest BCUT2D eigenvalue weighted by molar-refractivity contribution is 0.0951. The number of aryl methyl sites for hydroxylation is 1. The zero-order valence-electron chi connectivity index (χ0n) is 14.6. The van der Waals surface area contributed by atoms with Gasteiger partial charge in [-0.05, 0) is 47.0 Å². The van der Waals surface area contributed by atoms with Crippen molar-refractivity contribution in [3.8, 4) is 0 Å². The molecule has 0 aliphatic heterocycles. The molecule has 0 heterocycles. The fourth-order valence-corrected chi connectivity index (χ4v) is 3.33. The number of hydrogen-bond acceptors (Lipinski definition) is 3. The summed E-state index contributed by atoms with van der Waals surface area (Å²) in [5.41, 5.74) is 2.56. The lowest BCUT2D eigenvalue weighted by atomic mass is 10.1. The third kappa shape index (κ3) is 4.40. The maximum absolute atomic E-state index is 12.4. The first-order chi connectivity index (χ1) is 12.3. The van der Waals surface area contributed by atoms with E-state index in [1.165, 1.54) is 0 Å².